The van der Waals surface area contributed by atoms with E-state index in [4.69, 9.17) is 4.74 Å². The molecule has 10 nitrogen and oxygen atoms in total. The lowest BCUT2D eigenvalue weighted by Crippen LogP contribution is -2.33. The number of aromatic nitrogens is 4. The van der Waals surface area contributed by atoms with Crippen molar-refractivity contribution in [1.82, 2.24) is 19.5 Å². The highest BCUT2D eigenvalue weighted by molar-refractivity contribution is 5.73. The molecule has 1 fully saturated rings. The zero-order valence-corrected chi connectivity index (χ0v) is 14.2. The molecule has 1 aromatic carbocycles. The number of nitrogens with one attached hydrogen (secondary N) is 2. The smallest absolute Gasteiger partial charge is 0.278 e. The van der Waals surface area contributed by atoms with Gasteiger partial charge in [0.05, 0.1) is 12.9 Å². The van der Waals surface area contributed by atoms with E-state index in [0.717, 1.165) is 5.56 Å². The average molecular weight is 373 g/mol. The van der Waals surface area contributed by atoms with Crippen LogP contribution in [0.5, 0.6) is 0 Å². The molecule has 3 heterocycles. The van der Waals surface area contributed by atoms with Crippen LogP contribution in [0.15, 0.2) is 41.5 Å². The fourth-order valence-electron chi connectivity index (χ4n) is 3.16. The summed E-state index contributed by atoms with van der Waals surface area (Å²) in [6.45, 7) is -0.0426. The molecule has 5 N–H and O–H groups in total. The summed E-state index contributed by atoms with van der Waals surface area (Å²) in [7, 11) is 0. The van der Waals surface area contributed by atoms with Crippen LogP contribution in [-0.2, 0) is 11.3 Å². The van der Waals surface area contributed by atoms with Crippen molar-refractivity contribution in [1.29, 1.82) is 0 Å². The van der Waals surface area contributed by atoms with E-state index in [0.29, 0.717) is 6.54 Å². The third-order valence-corrected chi connectivity index (χ3v) is 4.55. The molecule has 0 bridgehead atoms. The molecule has 0 spiro atoms. The Labute approximate surface area is 153 Å². The summed E-state index contributed by atoms with van der Waals surface area (Å²) in [6.07, 6.45) is -3.38. The highest BCUT2D eigenvalue weighted by Gasteiger charge is 2.45. The summed E-state index contributed by atoms with van der Waals surface area (Å²) < 4.78 is 7.03. The number of hydrogen-bond acceptors (Lipinski definition) is 8. The summed E-state index contributed by atoms with van der Waals surface area (Å²) in [6, 6.07) is 9.56. The number of aromatic amines is 1. The van der Waals surface area contributed by atoms with E-state index in [1.807, 2.05) is 30.3 Å². The molecule has 142 valence electrons. The number of benzene rings is 1. The Morgan fingerprint density at radius 3 is 2.70 bits per heavy atom. The number of imidazole rings is 1. The summed E-state index contributed by atoms with van der Waals surface area (Å²) >= 11 is 0. The van der Waals surface area contributed by atoms with Crippen molar-refractivity contribution >= 4 is 17.1 Å². The molecule has 2 unspecified atom stereocenters. The molecule has 1 aliphatic rings. The van der Waals surface area contributed by atoms with Gasteiger partial charge in [-0.05, 0) is 5.56 Å². The van der Waals surface area contributed by atoms with Crippen LogP contribution in [0.1, 0.15) is 11.8 Å². The molecular formula is C17H19N5O5. The average Bonchev–Trinajstić information content (AvgIpc) is 3.19. The maximum Gasteiger partial charge on any atom is 0.278 e. The molecule has 0 saturated carbocycles. The van der Waals surface area contributed by atoms with Gasteiger partial charge in [0.1, 0.15) is 18.3 Å². The second-order valence-electron chi connectivity index (χ2n) is 6.28. The number of aliphatic hydroxyl groups excluding tert-OH is 3. The molecule has 1 aliphatic heterocycles. The number of H-pyrrole nitrogens is 1. The first-order chi connectivity index (χ1) is 13.1. The predicted molar refractivity (Wildman–Crippen MR) is 94.9 cm³/mol. The van der Waals surface area contributed by atoms with Crippen molar-refractivity contribution in [2.75, 3.05) is 11.9 Å². The van der Waals surface area contributed by atoms with Gasteiger partial charge in [-0.3, -0.25) is 9.36 Å². The Morgan fingerprint density at radius 2 is 2.00 bits per heavy atom. The van der Waals surface area contributed by atoms with Gasteiger partial charge >= 0.3 is 0 Å². The fraction of sp³-hybridized carbons (Fsp3) is 0.353. The van der Waals surface area contributed by atoms with Crippen molar-refractivity contribution in [3.63, 3.8) is 0 Å². The normalized spacial score (nSPS) is 25.1. The Bertz CT molecular complexity index is 988. The van der Waals surface area contributed by atoms with Gasteiger partial charge in [0.15, 0.2) is 17.4 Å². The molecule has 0 aliphatic carbocycles. The van der Waals surface area contributed by atoms with Gasteiger partial charge < -0.3 is 30.4 Å². The molecular weight excluding hydrogens is 354 g/mol. The Kier molecular flexibility index (Phi) is 4.62. The predicted octanol–water partition coefficient (Wildman–Crippen LogP) is -0.657. The summed E-state index contributed by atoms with van der Waals surface area (Å²) in [5, 5.41) is 32.9. The minimum atomic E-state index is -1.32. The van der Waals surface area contributed by atoms with Gasteiger partial charge in [0, 0.05) is 6.54 Å². The highest BCUT2D eigenvalue weighted by Crippen LogP contribution is 2.33. The Hall–Kier alpha value is -2.79. The lowest BCUT2D eigenvalue weighted by atomic mass is 10.1. The minimum Gasteiger partial charge on any atom is -0.394 e. The summed E-state index contributed by atoms with van der Waals surface area (Å²) in [4.78, 5) is 23.0. The van der Waals surface area contributed by atoms with Crippen LogP contribution < -0.4 is 10.9 Å². The van der Waals surface area contributed by atoms with Crippen molar-refractivity contribution in [3.05, 3.63) is 52.6 Å². The Morgan fingerprint density at radius 1 is 1.22 bits per heavy atom. The van der Waals surface area contributed by atoms with Crippen molar-refractivity contribution in [3.8, 4) is 0 Å². The van der Waals surface area contributed by atoms with Crippen LogP contribution in [0.4, 0.5) is 5.95 Å². The first-order valence-electron chi connectivity index (χ1n) is 8.46. The third kappa shape index (κ3) is 3.08. The number of anilines is 1. The van der Waals surface area contributed by atoms with Crippen molar-refractivity contribution in [2.24, 2.45) is 0 Å². The van der Waals surface area contributed by atoms with E-state index in [9.17, 15) is 20.1 Å². The molecule has 27 heavy (non-hydrogen) atoms. The summed E-state index contributed by atoms with van der Waals surface area (Å²) in [5.74, 6) is 0.257. The lowest BCUT2D eigenvalue weighted by Gasteiger charge is -2.19. The topological polar surface area (TPSA) is 146 Å². The monoisotopic (exact) mass is 373 g/mol. The lowest BCUT2D eigenvalue weighted by molar-refractivity contribution is -0.0501. The van der Waals surface area contributed by atoms with Crippen LogP contribution in [0, 0.1) is 0 Å². The van der Waals surface area contributed by atoms with Crippen LogP contribution in [0.2, 0.25) is 0 Å². The maximum atomic E-state index is 12.1. The maximum absolute atomic E-state index is 12.1. The highest BCUT2D eigenvalue weighted by atomic mass is 16.6. The quantitative estimate of drug-likeness (QED) is 0.396. The molecule has 2 aromatic heterocycles. The number of aliphatic hydroxyl groups is 3. The fourth-order valence-corrected chi connectivity index (χ4v) is 3.16. The summed E-state index contributed by atoms with van der Waals surface area (Å²) in [5.41, 5.74) is 0.822. The number of hydrogen-bond donors (Lipinski definition) is 5. The van der Waals surface area contributed by atoms with Gasteiger partial charge in [-0.1, -0.05) is 30.3 Å². The zero-order valence-electron chi connectivity index (χ0n) is 14.2. The van der Waals surface area contributed by atoms with E-state index in [1.54, 1.807) is 0 Å². The van der Waals surface area contributed by atoms with Crippen molar-refractivity contribution in [2.45, 2.75) is 31.1 Å². The molecule has 0 amide bonds. The number of rotatable bonds is 5. The molecule has 1 saturated heterocycles. The standard InChI is InChI=1S/C17H19N5O5/c23-7-10-12(24)13(25)16(27-10)22-14-11(15(26)20-8-19-14)21-17(22)18-6-9-4-2-1-3-5-9/h1-5,8,10,12-13,16,23-25H,6-7H2,(H,18,21)(H,19,20,26)/t10-,12?,13?,16-/m1/s1. The van der Waals surface area contributed by atoms with Gasteiger partial charge in [-0.2, -0.15) is 0 Å². The number of nitrogens with zero attached hydrogens (tertiary/aromatic N) is 3. The van der Waals surface area contributed by atoms with Crippen LogP contribution in [0.3, 0.4) is 0 Å². The molecule has 4 atom stereocenters. The molecule has 0 radical (unpaired) electrons. The largest absolute Gasteiger partial charge is 0.394 e. The molecule has 4 rings (SSSR count). The first-order valence-corrected chi connectivity index (χ1v) is 8.46. The van der Waals surface area contributed by atoms with Gasteiger partial charge in [-0.25, -0.2) is 9.97 Å². The van der Waals surface area contributed by atoms with Gasteiger partial charge in [-0.15, -0.1) is 0 Å². The number of ether oxygens (including phenoxy) is 1. The van der Waals surface area contributed by atoms with Crippen LogP contribution in [-0.4, -0.2) is 59.8 Å². The minimum absolute atomic E-state index is 0.0748. The first kappa shape index (κ1) is 17.6. The van der Waals surface area contributed by atoms with Gasteiger partial charge in [0.25, 0.3) is 5.56 Å². The van der Waals surface area contributed by atoms with E-state index >= 15 is 0 Å². The SMILES string of the molecule is O=c1[nH]cnc2c1nc(NCc1ccccc1)n2[C@@H]1O[C@H](CO)C(O)C1O. The Balaban J connectivity index is 1.76. The van der Waals surface area contributed by atoms with Crippen LogP contribution >= 0.6 is 0 Å². The van der Waals surface area contributed by atoms with E-state index in [2.05, 4.69) is 20.3 Å². The van der Waals surface area contributed by atoms with Gasteiger partial charge in [0.2, 0.25) is 5.95 Å². The number of fused-ring (bicyclic) bond motifs is 1. The van der Waals surface area contributed by atoms with E-state index in [-0.39, 0.29) is 17.1 Å². The van der Waals surface area contributed by atoms with E-state index in [1.165, 1.54) is 10.9 Å². The second kappa shape index (κ2) is 7.08. The van der Waals surface area contributed by atoms with Crippen LogP contribution in [0.25, 0.3) is 11.2 Å². The zero-order chi connectivity index (χ0) is 19.0. The molecule has 3 aromatic rings. The molecule has 10 heteroatoms. The second-order valence-corrected chi connectivity index (χ2v) is 6.28. The van der Waals surface area contributed by atoms with Crippen molar-refractivity contribution < 1.29 is 20.1 Å². The third-order valence-electron chi connectivity index (χ3n) is 4.55. The van der Waals surface area contributed by atoms with E-state index < -0.39 is 36.7 Å².